The summed E-state index contributed by atoms with van der Waals surface area (Å²) in [6.45, 7) is 7.77. The van der Waals surface area contributed by atoms with Gasteiger partial charge in [0.1, 0.15) is 18.2 Å². The van der Waals surface area contributed by atoms with Gasteiger partial charge in [-0.2, -0.15) is 0 Å². The molecular weight excluding hydrogens is 463 g/mol. The first kappa shape index (κ1) is 25.8. The normalized spacial score (nSPS) is 14.1. The summed E-state index contributed by atoms with van der Waals surface area (Å²) in [7, 11) is 0. The minimum absolute atomic E-state index is 0.197. The Hall–Kier alpha value is -3.25. The molecule has 1 aliphatic heterocycles. The summed E-state index contributed by atoms with van der Waals surface area (Å²) in [6.07, 6.45) is -1.22. The average molecular weight is 496 g/mol. The third kappa shape index (κ3) is 5.14. The van der Waals surface area contributed by atoms with Gasteiger partial charge in [-0.15, -0.1) is 0 Å². The Labute approximate surface area is 210 Å². The fourth-order valence-corrected chi connectivity index (χ4v) is 4.94. The number of benzene rings is 3. The molecule has 5 rings (SSSR count). The molecule has 0 atom stereocenters. The summed E-state index contributed by atoms with van der Waals surface area (Å²) in [4.78, 5) is 0. The Morgan fingerprint density at radius 2 is 1.69 bits per heavy atom. The van der Waals surface area contributed by atoms with Gasteiger partial charge >= 0.3 is 0 Å². The van der Waals surface area contributed by atoms with E-state index in [9.17, 15) is 13.2 Å². The molecule has 1 aromatic heterocycles. The zero-order valence-electron chi connectivity index (χ0n) is 20.9. The molecule has 1 aliphatic rings. The van der Waals surface area contributed by atoms with Gasteiger partial charge in [-0.05, 0) is 61.2 Å². The van der Waals surface area contributed by atoms with Crippen LogP contribution in [0.4, 0.5) is 13.2 Å². The SMILES string of the molecule is CC.Cc1c(C2CCOCC2)n(-c2ccc(F)c(C(F)F)c2)c2cccc(OCc3ccccc3)c12. The van der Waals surface area contributed by atoms with Gasteiger partial charge in [0.25, 0.3) is 6.43 Å². The van der Waals surface area contributed by atoms with Gasteiger partial charge in [-0.3, -0.25) is 0 Å². The van der Waals surface area contributed by atoms with Gasteiger partial charge in [0.15, 0.2) is 0 Å². The van der Waals surface area contributed by atoms with Crippen molar-refractivity contribution in [3.63, 3.8) is 0 Å². The van der Waals surface area contributed by atoms with E-state index in [1.165, 1.54) is 6.07 Å². The molecule has 2 heterocycles. The van der Waals surface area contributed by atoms with Crippen LogP contribution in [0.15, 0.2) is 66.7 Å². The molecule has 6 heteroatoms. The van der Waals surface area contributed by atoms with Crippen molar-refractivity contribution in [2.24, 2.45) is 0 Å². The lowest BCUT2D eigenvalue weighted by atomic mass is 9.93. The second-order valence-electron chi connectivity index (χ2n) is 8.66. The quantitative estimate of drug-likeness (QED) is 0.268. The Morgan fingerprint density at radius 3 is 2.39 bits per heavy atom. The van der Waals surface area contributed by atoms with Gasteiger partial charge in [0.05, 0.1) is 11.1 Å². The average Bonchev–Trinajstić information content (AvgIpc) is 3.22. The van der Waals surface area contributed by atoms with Crippen LogP contribution in [-0.4, -0.2) is 17.8 Å². The van der Waals surface area contributed by atoms with Crippen molar-refractivity contribution in [2.45, 2.75) is 52.6 Å². The van der Waals surface area contributed by atoms with Crippen LogP contribution < -0.4 is 4.74 Å². The van der Waals surface area contributed by atoms with E-state index in [4.69, 9.17) is 9.47 Å². The van der Waals surface area contributed by atoms with Crippen molar-refractivity contribution in [1.82, 2.24) is 4.57 Å². The number of aromatic nitrogens is 1. The first-order valence-corrected chi connectivity index (χ1v) is 12.5. The van der Waals surface area contributed by atoms with Gasteiger partial charge < -0.3 is 14.0 Å². The molecule has 36 heavy (non-hydrogen) atoms. The number of hydrogen-bond donors (Lipinski definition) is 0. The van der Waals surface area contributed by atoms with Crippen molar-refractivity contribution in [1.29, 1.82) is 0 Å². The van der Waals surface area contributed by atoms with E-state index in [0.29, 0.717) is 25.5 Å². The maximum atomic E-state index is 14.1. The van der Waals surface area contributed by atoms with E-state index in [2.05, 4.69) is 6.92 Å². The molecule has 1 saturated heterocycles. The fourth-order valence-electron chi connectivity index (χ4n) is 4.94. The molecule has 0 amide bonds. The maximum absolute atomic E-state index is 14.1. The number of halogens is 3. The van der Waals surface area contributed by atoms with E-state index in [1.807, 2.05) is 66.9 Å². The predicted octanol–water partition coefficient (Wildman–Crippen LogP) is 8.51. The summed E-state index contributed by atoms with van der Waals surface area (Å²) < 4.78 is 55.0. The van der Waals surface area contributed by atoms with Gasteiger partial charge in [0, 0.05) is 35.9 Å². The number of nitrogens with zero attached hydrogens (tertiary/aromatic N) is 1. The van der Waals surface area contributed by atoms with Crippen molar-refractivity contribution >= 4 is 10.9 Å². The monoisotopic (exact) mass is 495 g/mol. The fraction of sp³-hybridized carbons (Fsp3) is 0.333. The summed E-state index contributed by atoms with van der Waals surface area (Å²) >= 11 is 0. The Morgan fingerprint density at radius 1 is 0.972 bits per heavy atom. The molecule has 3 nitrogen and oxygen atoms in total. The number of fused-ring (bicyclic) bond motifs is 1. The van der Waals surface area contributed by atoms with Gasteiger partial charge in [-0.25, -0.2) is 13.2 Å². The smallest absolute Gasteiger partial charge is 0.266 e. The van der Waals surface area contributed by atoms with Crippen LogP contribution in [0.3, 0.4) is 0 Å². The first-order valence-electron chi connectivity index (χ1n) is 12.5. The van der Waals surface area contributed by atoms with Gasteiger partial charge in [0.2, 0.25) is 0 Å². The number of alkyl halides is 2. The van der Waals surface area contributed by atoms with E-state index >= 15 is 0 Å². The lowest BCUT2D eigenvalue weighted by molar-refractivity contribution is 0.0841. The number of aryl methyl sites for hydroxylation is 1. The molecule has 0 bridgehead atoms. The van der Waals surface area contributed by atoms with Crippen LogP contribution in [-0.2, 0) is 11.3 Å². The molecule has 0 saturated carbocycles. The van der Waals surface area contributed by atoms with Gasteiger partial charge in [-0.1, -0.05) is 50.2 Å². The van der Waals surface area contributed by atoms with Crippen molar-refractivity contribution in [3.05, 3.63) is 94.9 Å². The Balaban J connectivity index is 0.00000148. The third-order valence-electron chi connectivity index (χ3n) is 6.56. The molecule has 3 aromatic carbocycles. The van der Waals surface area contributed by atoms with Crippen molar-refractivity contribution in [2.75, 3.05) is 13.2 Å². The minimum atomic E-state index is -2.89. The second kappa shape index (κ2) is 11.7. The first-order chi connectivity index (χ1) is 17.5. The van der Waals surface area contributed by atoms with Crippen LogP contribution >= 0.6 is 0 Å². The van der Waals surface area contributed by atoms with Crippen molar-refractivity contribution < 1.29 is 22.6 Å². The molecule has 0 spiro atoms. The highest BCUT2D eigenvalue weighted by Crippen LogP contribution is 2.42. The molecule has 0 N–H and O–H groups in total. The lowest BCUT2D eigenvalue weighted by Gasteiger charge is -2.25. The molecular formula is C30H32F3NO2. The highest BCUT2D eigenvalue weighted by atomic mass is 19.3. The highest BCUT2D eigenvalue weighted by Gasteiger charge is 2.27. The predicted molar refractivity (Wildman–Crippen MR) is 138 cm³/mol. The zero-order chi connectivity index (χ0) is 25.7. The van der Waals surface area contributed by atoms with Crippen LogP contribution in [0.1, 0.15) is 61.4 Å². The van der Waals surface area contributed by atoms with E-state index < -0.39 is 17.8 Å². The molecule has 4 aromatic rings. The standard InChI is InChI=1S/C28H26F3NO2.C2H6/c1-18-26-24(8-5-9-25(26)34-17-19-6-3-2-4-7-19)32(27(18)20-12-14-33-15-13-20)21-10-11-23(29)22(16-21)28(30)31;1-2/h2-11,16,20,28H,12-15,17H2,1H3;1-2H3. The molecule has 1 fully saturated rings. The lowest BCUT2D eigenvalue weighted by Crippen LogP contribution is -2.17. The van der Waals surface area contributed by atoms with Crippen molar-refractivity contribution in [3.8, 4) is 11.4 Å². The zero-order valence-corrected chi connectivity index (χ0v) is 20.9. The number of hydrogen-bond acceptors (Lipinski definition) is 2. The van der Waals surface area contributed by atoms with E-state index in [1.54, 1.807) is 6.07 Å². The number of rotatable bonds is 6. The summed E-state index contributed by atoms with van der Waals surface area (Å²) in [5, 5.41) is 0.947. The second-order valence-corrected chi connectivity index (χ2v) is 8.66. The molecule has 0 unspecified atom stereocenters. The number of ether oxygens (including phenoxy) is 2. The van der Waals surface area contributed by atoms with Crippen LogP contribution in [0.2, 0.25) is 0 Å². The summed E-state index contributed by atoms with van der Waals surface area (Å²) in [5.74, 6) is 0.0386. The Bertz CT molecular complexity index is 1290. The van der Waals surface area contributed by atoms with E-state index in [0.717, 1.165) is 52.4 Å². The highest BCUT2D eigenvalue weighted by molar-refractivity contribution is 5.92. The van der Waals surface area contributed by atoms with Crippen LogP contribution in [0.25, 0.3) is 16.6 Å². The molecule has 0 radical (unpaired) electrons. The van der Waals surface area contributed by atoms with E-state index in [-0.39, 0.29) is 5.92 Å². The van der Waals surface area contributed by atoms with Crippen LogP contribution in [0.5, 0.6) is 5.75 Å². The minimum Gasteiger partial charge on any atom is -0.488 e. The van der Waals surface area contributed by atoms with Crippen LogP contribution in [0, 0.1) is 12.7 Å². The molecule has 190 valence electrons. The topological polar surface area (TPSA) is 23.4 Å². The Kier molecular flexibility index (Phi) is 8.36. The third-order valence-corrected chi connectivity index (χ3v) is 6.56. The maximum Gasteiger partial charge on any atom is 0.266 e. The largest absolute Gasteiger partial charge is 0.488 e. The summed E-state index contributed by atoms with van der Waals surface area (Å²) in [5.41, 5.74) is 3.94. The summed E-state index contributed by atoms with van der Waals surface area (Å²) in [6, 6.07) is 19.7. The molecule has 0 aliphatic carbocycles.